The van der Waals surface area contributed by atoms with E-state index in [-0.39, 0.29) is 18.1 Å². The molecule has 0 aromatic heterocycles. The van der Waals surface area contributed by atoms with E-state index in [1.807, 2.05) is 30.3 Å². The summed E-state index contributed by atoms with van der Waals surface area (Å²) in [4.78, 5) is 23.4. The van der Waals surface area contributed by atoms with Gasteiger partial charge in [0.2, 0.25) is 0 Å². The predicted octanol–water partition coefficient (Wildman–Crippen LogP) is 3.45. The van der Waals surface area contributed by atoms with E-state index in [4.69, 9.17) is 16.3 Å². The van der Waals surface area contributed by atoms with Crippen molar-refractivity contribution in [1.82, 2.24) is 5.32 Å². The summed E-state index contributed by atoms with van der Waals surface area (Å²) >= 11 is 5.53. The number of hydrogen-bond donors (Lipinski definition) is 1. The molecule has 4 nitrogen and oxygen atoms in total. The van der Waals surface area contributed by atoms with Crippen molar-refractivity contribution >= 4 is 23.5 Å². The van der Waals surface area contributed by atoms with Crippen molar-refractivity contribution in [3.8, 4) is 0 Å². The first-order valence-corrected chi connectivity index (χ1v) is 6.97. The van der Waals surface area contributed by atoms with Crippen LogP contribution in [0, 0.1) is 0 Å². The Hall–Kier alpha value is -1.55. The maximum absolute atomic E-state index is 11.8. The van der Waals surface area contributed by atoms with E-state index < -0.39 is 17.7 Å². The second kappa shape index (κ2) is 7.29. The van der Waals surface area contributed by atoms with E-state index >= 15 is 0 Å². The summed E-state index contributed by atoms with van der Waals surface area (Å²) in [6.07, 6.45) is -0.402. The first-order chi connectivity index (χ1) is 9.31. The van der Waals surface area contributed by atoms with Crippen LogP contribution in [0.1, 0.15) is 38.8 Å². The zero-order valence-corrected chi connectivity index (χ0v) is 12.7. The third kappa shape index (κ3) is 6.06. The summed E-state index contributed by atoms with van der Waals surface area (Å²) in [5.74, 6) is -0.198. The number of rotatable bonds is 5. The molecule has 0 saturated heterocycles. The minimum Gasteiger partial charge on any atom is -0.444 e. The molecule has 0 aliphatic carbocycles. The number of carbonyl (C=O) groups excluding carboxylic acids is 2. The van der Waals surface area contributed by atoms with Crippen LogP contribution in [0.15, 0.2) is 30.3 Å². The van der Waals surface area contributed by atoms with Crippen LogP contribution in [-0.2, 0) is 9.53 Å². The van der Waals surface area contributed by atoms with Gasteiger partial charge in [0.05, 0.1) is 11.9 Å². The topological polar surface area (TPSA) is 55.4 Å². The fraction of sp³-hybridized carbons (Fsp3) is 0.467. The summed E-state index contributed by atoms with van der Waals surface area (Å²) in [5, 5.41) is 2.71. The van der Waals surface area contributed by atoms with Gasteiger partial charge in [-0.25, -0.2) is 4.79 Å². The molecule has 1 aromatic rings. The number of Topliss-reactive ketones (excluding diaryl/α,β-unsaturated/α-hetero) is 1. The van der Waals surface area contributed by atoms with Crippen molar-refractivity contribution < 1.29 is 14.3 Å². The van der Waals surface area contributed by atoms with Gasteiger partial charge < -0.3 is 10.1 Å². The molecule has 0 aliphatic heterocycles. The number of alkyl carbamates (subject to hydrolysis) is 1. The number of carbonyl (C=O) groups is 2. The number of amides is 1. The minimum atomic E-state index is -0.582. The normalized spacial score (nSPS) is 12.6. The highest BCUT2D eigenvalue weighted by Gasteiger charge is 2.22. The van der Waals surface area contributed by atoms with Crippen molar-refractivity contribution in [2.24, 2.45) is 0 Å². The molecule has 0 bridgehead atoms. The highest BCUT2D eigenvalue weighted by atomic mass is 35.5. The second-order valence-electron chi connectivity index (χ2n) is 5.49. The highest BCUT2D eigenvalue weighted by Crippen LogP contribution is 2.18. The lowest BCUT2D eigenvalue weighted by molar-refractivity contribution is -0.117. The Bertz CT molecular complexity index is 454. The molecule has 0 heterocycles. The average molecular weight is 298 g/mol. The minimum absolute atomic E-state index is 0.0701. The van der Waals surface area contributed by atoms with Gasteiger partial charge in [0.1, 0.15) is 11.4 Å². The molecule has 0 spiro atoms. The van der Waals surface area contributed by atoms with Gasteiger partial charge in [-0.05, 0) is 26.3 Å². The van der Waals surface area contributed by atoms with Crippen LogP contribution < -0.4 is 5.32 Å². The van der Waals surface area contributed by atoms with Crippen LogP contribution >= 0.6 is 11.6 Å². The lowest BCUT2D eigenvalue weighted by Crippen LogP contribution is -2.35. The first-order valence-electron chi connectivity index (χ1n) is 6.44. The van der Waals surface area contributed by atoms with Crippen molar-refractivity contribution in [2.75, 3.05) is 5.88 Å². The number of benzene rings is 1. The lowest BCUT2D eigenvalue weighted by atomic mass is 10.0. The van der Waals surface area contributed by atoms with E-state index in [9.17, 15) is 9.59 Å². The Morgan fingerprint density at radius 1 is 1.25 bits per heavy atom. The van der Waals surface area contributed by atoms with Gasteiger partial charge in [-0.2, -0.15) is 0 Å². The van der Waals surface area contributed by atoms with Gasteiger partial charge in [-0.3, -0.25) is 4.79 Å². The van der Waals surface area contributed by atoms with Gasteiger partial charge in [0, 0.05) is 6.42 Å². The van der Waals surface area contributed by atoms with Crippen LogP contribution in [0.25, 0.3) is 0 Å². The Labute approximate surface area is 124 Å². The highest BCUT2D eigenvalue weighted by molar-refractivity contribution is 6.27. The molecule has 0 radical (unpaired) electrons. The zero-order valence-electron chi connectivity index (χ0n) is 12.0. The molecule has 20 heavy (non-hydrogen) atoms. The smallest absolute Gasteiger partial charge is 0.408 e. The monoisotopic (exact) mass is 297 g/mol. The van der Waals surface area contributed by atoms with Gasteiger partial charge in [-0.15, -0.1) is 11.6 Å². The Balaban J connectivity index is 2.78. The fourth-order valence-corrected chi connectivity index (χ4v) is 1.78. The van der Waals surface area contributed by atoms with Gasteiger partial charge >= 0.3 is 6.09 Å². The van der Waals surface area contributed by atoms with E-state index in [0.717, 1.165) is 5.56 Å². The number of halogens is 1. The Kier molecular flexibility index (Phi) is 6.02. The SMILES string of the molecule is CC(C)(C)OC(=O)NC(CC(=O)CCl)c1ccccc1. The maximum Gasteiger partial charge on any atom is 0.408 e. The fourth-order valence-electron chi connectivity index (χ4n) is 1.67. The van der Waals surface area contributed by atoms with Crippen LogP contribution in [-0.4, -0.2) is 23.4 Å². The molecule has 1 aromatic carbocycles. The van der Waals surface area contributed by atoms with Gasteiger partial charge in [0.25, 0.3) is 0 Å². The first kappa shape index (κ1) is 16.5. The van der Waals surface area contributed by atoms with Crippen LogP contribution in [0.2, 0.25) is 0 Å². The molecule has 1 amide bonds. The van der Waals surface area contributed by atoms with Gasteiger partial charge in [0.15, 0.2) is 0 Å². The molecule has 1 unspecified atom stereocenters. The zero-order chi connectivity index (χ0) is 15.2. The predicted molar refractivity (Wildman–Crippen MR) is 78.9 cm³/mol. The number of alkyl halides is 1. The second-order valence-corrected chi connectivity index (χ2v) is 5.75. The van der Waals surface area contributed by atoms with Crippen molar-refractivity contribution in [2.45, 2.75) is 38.8 Å². The number of nitrogens with one attached hydrogen (secondary N) is 1. The lowest BCUT2D eigenvalue weighted by Gasteiger charge is -2.23. The molecule has 0 fully saturated rings. The van der Waals surface area contributed by atoms with E-state index in [0.29, 0.717) is 0 Å². The molecule has 0 saturated carbocycles. The molecule has 0 aliphatic rings. The van der Waals surface area contributed by atoms with Crippen molar-refractivity contribution in [3.05, 3.63) is 35.9 Å². The van der Waals surface area contributed by atoms with E-state index in [1.165, 1.54) is 0 Å². The van der Waals surface area contributed by atoms with Crippen LogP contribution in [0.3, 0.4) is 0 Å². The third-order valence-electron chi connectivity index (χ3n) is 2.47. The number of hydrogen-bond acceptors (Lipinski definition) is 3. The van der Waals surface area contributed by atoms with E-state index in [2.05, 4.69) is 5.32 Å². The molecule has 1 rings (SSSR count). The molecule has 5 heteroatoms. The number of ketones is 1. The molecule has 110 valence electrons. The van der Waals surface area contributed by atoms with Gasteiger partial charge in [-0.1, -0.05) is 30.3 Å². The standard InChI is InChI=1S/C15H20ClNO3/c1-15(2,3)20-14(19)17-13(9-12(18)10-16)11-7-5-4-6-8-11/h4-8,13H,9-10H2,1-3H3,(H,17,19). The summed E-state index contributed by atoms with van der Waals surface area (Å²) < 4.78 is 5.21. The molecule has 1 N–H and O–H groups in total. The third-order valence-corrected chi connectivity index (χ3v) is 2.77. The van der Waals surface area contributed by atoms with Crippen molar-refractivity contribution in [1.29, 1.82) is 0 Å². The van der Waals surface area contributed by atoms with Crippen molar-refractivity contribution in [3.63, 3.8) is 0 Å². The summed E-state index contributed by atoms with van der Waals surface area (Å²) in [7, 11) is 0. The van der Waals surface area contributed by atoms with Crippen LogP contribution in [0.5, 0.6) is 0 Å². The maximum atomic E-state index is 11.8. The quantitative estimate of drug-likeness (QED) is 0.847. The van der Waals surface area contributed by atoms with E-state index in [1.54, 1.807) is 20.8 Å². The Morgan fingerprint density at radius 2 is 1.85 bits per heavy atom. The summed E-state index contributed by atoms with van der Waals surface area (Å²) in [6, 6.07) is 8.84. The van der Waals surface area contributed by atoms with Crippen LogP contribution in [0.4, 0.5) is 4.79 Å². The summed E-state index contributed by atoms with van der Waals surface area (Å²) in [5.41, 5.74) is 0.263. The average Bonchev–Trinajstić information content (AvgIpc) is 2.36. The number of ether oxygens (including phenoxy) is 1. The Morgan fingerprint density at radius 3 is 2.35 bits per heavy atom. The molecular weight excluding hydrogens is 278 g/mol. The molecular formula is C15H20ClNO3. The molecule has 1 atom stereocenters. The summed E-state index contributed by atoms with van der Waals surface area (Å²) in [6.45, 7) is 5.36. The largest absolute Gasteiger partial charge is 0.444 e.